The molecule has 2 aliphatic rings. The maximum atomic E-state index is 13.7. The van der Waals surface area contributed by atoms with E-state index in [1.165, 1.54) is 6.07 Å². The molecular formula is C19H17BrFNO. The molecule has 0 aromatic heterocycles. The van der Waals surface area contributed by atoms with Crippen molar-refractivity contribution in [3.63, 3.8) is 0 Å². The molecule has 23 heavy (non-hydrogen) atoms. The molecule has 0 bridgehead atoms. The average Bonchev–Trinajstić information content (AvgIpc) is 3.04. The average molecular weight is 374 g/mol. The number of anilines is 1. The van der Waals surface area contributed by atoms with E-state index in [4.69, 9.17) is 4.74 Å². The summed E-state index contributed by atoms with van der Waals surface area (Å²) in [4.78, 5) is 0. The van der Waals surface area contributed by atoms with Crippen LogP contribution in [0, 0.1) is 11.7 Å². The first kappa shape index (κ1) is 14.8. The van der Waals surface area contributed by atoms with Crippen LogP contribution in [-0.4, -0.2) is 7.11 Å². The molecule has 0 unspecified atom stereocenters. The number of hydrogen-bond donors (Lipinski definition) is 1. The van der Waals surface area contributed by atoms with Crippen molar-refractivity contribution in [3.8, 4) is 5.75 Å². The Hall–Kier alpha value is -1.81. The summed E-state index contributed by atoms with van der Waals surface area (Å²) in [5.74, 6) is 1.31. The number of benzene rings is 2. The smallest absolute Gasteiger partial charge is 0.124 e. The van der Waals surface area contributed by atoms with Gasteiger partial charge in [-0.25, -0.2) is 4.39 Å². The van der Waals surface area contributed by atoms with Gasteiger partial charge in [0.15, 0.2) is 0 Å². The molecule has 1 aliphatic carbocycles. The molecule has 4 rings (SSSR count). The molecule has 2 nitrogen and oxygen atoms in total. The maximum absolute atomic E-state index is 13.7. The molecule has 2 aromatic rings. The van der Waals surface area contributed by atoms with E-state index in [0.717, 1.165) is 33.5 Å². The quantitative estimate of drug-likeness (QED) is 0.709. The number of nitrogens with one attached hydrogen (secondary N) is 1. The van der Waals surface area contributed by atoms with Crippen LogP contribution in [0.5, 0.6) is 5.75 Å². The van der Waals surface area contributed by atoms with Gasteiger partial charge in [0.2, 0.25) is 0 Å². The van der Waals surface area contributed by atoms with Gasteiger partial charge < -0.3 is 10.1 Å². The molecule has 0 radical (unpaired) electrons. The van der Waals surface area contributed by atoms with Crippen molar-refractivity contribution in [1.29, 1.82) is 0 Å². The molecule has 0 saturated heterocycles. The Bertz CT molecular complexity index is 789. The fourth-order valence-corrected chi connectivity index (χ4v) is 4.20. The minimum Gasteiger partial charge on any atom is -0.496 e. The predicted molar refractivity (Wildman–Crippen MR) is 93.4 cm³/mol. The van der Waals surface area contributed by atoms with E-state index in [2.05, 4.69) is 39.5 Å². The van der Waals surface area contributed by atoms with E-state index in [9.17, 15) is 4.39 Å². The summed E-state index contributed by atoms with van der Waals surface area (Å²) in [6, 6.07) is 11.2. The van der Waals surface area contributed by atoms with E-state index in [-0.39, 0.29) is 17.8 Å². The summed E-state index contributed by atoms with van der Waals surface area (Å²) in [6.45, 7) is 0. The molecule has 1 aliphatic heterocycles. The molecule has 1 N–H and O–H groups in total. The third-order valence-corrected chi connectivity index (χ3v) is 5.34. The number of halogens is 2. The fraction of sp³-hybridized carbons (Fsp3) is 0.263. The molecule has 1 heterocycles. The van der Waals surface area contributed by atoms with Crippen LogP contribution >= 0.6 is 15.9 Å². The largest absolute Gasteiger partial charge is 0.496 e. The molecular weight excluding hydrogens is 357 g/mol. The van der Waals surface area contributed by atoms with E-state index >= 15 is 0 Å². The van der Waals surface area contributed by atoms with Gasteiger partial charge in [0, 0.05) is 21.6 Å². The highest BCUT2D eigenvalue weighted by Gasteiger charge is 2.39. The Morgan fingerprint density at radius 3 is 2.87 bits per heavy atom. The Balaban J connectivity index is 1.82. The van der Waals surface area contributed by atoms with Gasteiger partial charge in [-0.05, 0) is 54.3 Å². The zero-order chi connectivity index (χ0) is 16.0. The first-order chi connectivity index (χ1) is 11.2. The van der Waals surface area contributed by atoms with Crippen molar-refractivity contribution < 1.29 is 9.13 Å². The maximum Gasteiger partial charge on any atom is 0.124 e. The van der Waals surface area contributed by atoms with Crippen molar-refractivity contribution >= 4 is 21.6 Å². The summed E-state index contributed by atoms with van der Waals surface area (Å²) in [5.41, 5.74) is 3.19. The number of ether oxygens (including phenoxy) is 1. The first-order valence-corrected chi connectivity index (χ1v) is 8.53. The number of fused-ring (bicyclic) bond motifs is 3. The van der Waals surface area contributed by atoms with Gasteiger partial charge in [0.1, 0.15) is 11.6 Å². The van der Waals surface area contributed by atoms with Crippen LogP contribution in [0.25, 0.3) is 0 Å². The Morgan fingerprint density at radius 1 is 1.17 bits per heavy atom. The third-order valence-electron chi connectivity index (χ3n) is 4.85. The minimum absolute atomic E-state index is 0.139. The van der Waals surface area contributed by atoms with Crippen LogP contribution in [0.3, 0.4) is 0 Å². The molecule has 2 aromatic carbocycles. The monoisotopic (exact) mass is 373 g/mol. The number of methoxy groups -OCH3 is 1. The molecule has 0 fully saturated rings. The lowest BCUT2D eigenvalue weighted by atomic mass is 9.77. The summed E-state index contributed by atoms with van der Waals surface area (Å²) in [6.07, 6.45) is 5.39. The summed E-state index contributed by atoms with van der Waals surface area (Å²) < 4.78 is 20.3. The summed E-state index contributed by atoms with van der Waals surface area (Å²) in [5, 5.41) is 3.61. The van der Waals surface area contributed by atoms with Crippen molar-refractivity contribution in [2.75, 3.05) is 12.4 Å². The summed E-state index contributed by atoms with van der Waals surface area (Å²) >= 11 is 3.56. The lowest BCUT2D eigenvalue weighted by molar-refractivity contribution is 0.380. The van der Waals surface area contributed by atoms with Crippen molar-refractivity contribution in [3.05, 3.63) is 70.0 Å². The highest BCUT2D eigenvalue weighted by Crippen LogP contribution is 2.51. The number of hydrogen-bond acceptors (Lipinski definition) is 2. The van der Waals surface area contributed by atoms with E-state index < -0.39 is 0 Å². The molecule has 0 saturated carbocycles. The Labute approximate surface area is 143 Å². The van der Waals surface area contributed by atoms with Crippen LogP contribution in [0.15, 0.2) is 53.0 Å². The van der Waals surface area contributed by atoms with Gasteiger partial charge in [-0.15, -0.1) is 0 Å². The number of rotatable bonds is 2. The lowest BCUT2D eigenvalue weighted by Gasteiger charge is -2.38. The number of allylic oxidation sites excluding steroid dienone is 2. The fourth-order valence-electron chi connectivity index (χ4n) is 3.82. The third kappa shape index (κ3) is 2.45. The van der Waals surface area contributed by atoms with Crippen LogP contribution in [-0.2, 0) is 0 Å². The van der Waals surface area contributed by atoms with Gasteiger partial charge in [-0.1, -0.05) is 28.1 Å². The van der Waals surface area contributed by atoms with Crippen LogP contribution in [0.2, 0.25) is 0 Å². The van der Waals surface area contributed by atoms with E-state index in [0.29, 0.717) is 5.92 Å². The van der Waals surface area contributed by atoms with Crippen molar-refractivity contribution in [1.82, 2.24) is 0 Å². The first-order valence-electron chi connectivity index (χ1n) is 7.73. The topological polar surface area (TPSA) is 21.3 Å². The molecule has 3 atom stereocenters. The van der Waals surface area contributed by atoms with Gasteiger partial charge in [-0.3, -0.25) is 0 Å². The zero-order valence-electron chi connectivity index (χ0n) is 12.7. The SMILES string of the molecule is COc1ccc(Br)cc1[C@@H]1Nc2ccc(F)cc2[C@@H]2C=CC[C@H]21. The molecule has 4 heteroatoms. The van der Waals surface area contributed by atoms with Gasteiger partial charge >= 0.3 is 0 Å². The van der Waals surface area contributed by atoms with Crippen molar-refractivity contribution in [2.24, 2.45) is 5.92 Å². The second kappa shape index (κ2) is 5.68. The Morgan fingerprint density at radius 2 is 2.04 bits per heavy atom. The predicted octanol–water partition coefficient (Wildman–Crippen LogP) is 5.42. The zero-order valence-corrected chi connectivity index (χ0v) is 14.3. The molecule has 0 amide bonds. The second-order valence-electron chi connectivity index (χ2n) is 6.09. The van der Waals surface area contributed by atoms with Crippen LogP contribution in [0.1, 0.15) is 29.5 Å². The normalized spacial score (nSPS) is 24.7. The Kier molecular flexibility index (Phi) is 3.64. The highest BCUT2D eigenvalue weighted by atomic mass is 79.9. The van der Waals surface area contributed by atoms with E-state index in [1.54, 1.807) is 13.2 Å². The lowest BCUT2D eigenvalue weighted by Crippen LogP contribution is -2.29. The van der Waals surface area contributed by atoms with Gasteiger partial charge in [0.05, 0.1) is 13.2 Å². The standard InChI is InChI=1S/C19H17BrFNO/c1-23-18-8-5-11(20)9-16(18)19-14-4-2-3-13(14)15-10-12(21)6-7-17(15)22-19/h2-3,5-10,13-14,19,22H,4H2,1H3/t13-,14-,19-/m1/s1. The molecule has 118 valence electrons. The summed E-state index contributed by atoms with van der Waals surface area (Å²) in [7, 11) is 1.70. The van der Waals surface area contributed by atoms with Gasteiger partial charge in [-0.2, -0.15) is 0 Å². The van der Waals surface area contributed by atoms with E-state index in [1.807, 2.05) is 18.2 Å². The highest BCUT2D eigenvalue weighted by molar-refractivity contribution is 9.10. The second-order valence-corrected chi connectivity index (χ2v) is 7.01. The van der Waals surface area contributed by atoms with Gasteiger partial charge in [0.25, 0.3) is 0 Å². The van der Waals surface area contributed by atoms with Crippen LogP contribution < -0.4 is 10.1 Å². The van der Waals surface area contributed by atoms with Crippen molar-refractivity contribution in [2.45, 2.75) is 18.4 Å². The molecule has 0 spiro atoms. The van der Waals surface area contributed by atoms with Crippen LogP contribution in [0.4, 0.5) is 10.1 Å². The minimum atomic E-state index is -0.178.